The van der Waals surface area contributed by atoms with E-state index in [1.165, 1.54) is 0 Å². The Morgan fingerprint density at radius 3 is 2.17 bits per heavy atom. The van der Waals surface area contributed by atoms with Crippen LogP contribution in [0.3, 0.4) is 0 Å². The molecule has 0 aromatic carbocycles. The molecule has 0 radical (unpaired) electrons. The maximum atomic E-state index is 9.65. The van der Waals surface area contributed by atoms with E-state index in [9.17, 15) is 8.42 Å². The van der Waals surface area contributed by atoms with Crippen LogP contribution in [-0.4, -0.2) is 14.6 Å². The molecule has 0 fully saturated rings. The van der Waals surface area contributed by atoms with Crippen molar-refractivity contribution < 1.29 is 8.42 Å². The molecule has 38 valence electrons. The summed E-state index contributed by atoms with van der Waals surface area (Å²) in [5.74, 6) is 0. The Bertz CT molecular complexity index is 79.5. The first kappa shape index (κ1) is 6.38. The number of hydrogen-bond donors (Lipinski definition) is 1. The Labute approximate surface area is 40.4 Å². The van der Waals surface area contributed by atoms with Crippen LogP contribution >= 0.6 is 7.78 Å². The van der Waals surface area contributed by atoms with Gasteiger partial charge in [-0.3, -0.25) is 0 Å². The van der Waals surface area contributed by atoms with E-state index in [0.717, 1.165) is 6.16 Å². The average Bonchev–Trinajstić information content (AvgIpc) is 1.35. The Morgan fingerprint density at radius 2 is 2.17 bits per heavy atom. The second-order valence-corrected chi connectivity index (χ2v) is 4.35. The van der Waals surface area contributed by atoms with Gasteiger partial charge in [0, 0.05) is 7.78 Å². The molecular formula is C2H7O2PS. The summed E-state index contributed by atoms with van der Waals surface area (Å²) in [7, 11) is -1.95. The molecule has 0 rings (SSSR count). The van der Waals surface area contributed by atoms with Crippen LogP contribution in [0.1, 0.15) is 6.92 Å². The fraction of sp³-hybridized carbons (Fsp3) is 1.00. The summed E-state index contributed by atoms with van der Waals surface area (Å²) in [6.07, 6.45) is 0.763. The van der Waals surface area contributed by atoms with Gasteiger partial charge in [-0.25, -0.2) is 8.42 Å². The van der Waals surface area contributed by atoms with Gasteiger partial charge in [-0.1, -0.05) is 6.92 Å². The molecule has 1 unspecified atom stereocenters. The summed E-state index contributed by atoms with van der Waals surface area (Å²) in [5.41, 5.74) is 0. The fourth-order valence-electron chi connectivity index (χ4n) is 0.129. The Balaban J connectivity index is 3.07. The van der Waals surface area contributed by atoms with Gasteiger partial charge in [-0.15, -0.1) is 0 Å². The predicted molar refractivity (Wildman–Crippen MR) is 29.2 cm³/mol. The molecule has 1 atom stereocenters. The van der Waals surface area contributed by atoms with E-state index in [4.69, 9.17) is 0 Å². The van der Waals surface area contributed by atoms with Gasteiger partial charge in [0.2, 0.25) is 0 Å². The first-order valence-corrected chi connectivity index (χ1v) is 4.88. The van der Waals surface area contributed by atoms with Gasteiger partial charge in [0.25, 0.3) is 0 Å². The van der Waals surface area contributed by atoms with Crippen molar-refractivity contribution in [1.82, 2.24) is 0 Å². The fourth-order valence-corrected chi connectivity index (χ4v) is 1.16. The SMILES string of the molecule is CCP[SH](=O)=O. The van der Waals surface area contributed by atoms with Gasteiger partial charge in [0.05, 0.1) is 0 Å². The molecule has 0 spiro atoms. The highest BCUT2D eigenvalue weighted by Gasteiger charge is 1.75. The van der Waals surface area contributed by atoms with Crippen molar-refractivity contribution in [3.8, 4) is 0 Å². The van der Waals surface area contributed by atoms with E-state index < -0.39 is 10.3 Å². The highest BCUT2D eigenvalue weighted by molar-refractivity contribution is 8.32. The van der Waals surface area contributed by atoms with Crippen LogP contribution in [-0.2, 0) is 10.3 Å². The summed E-state index contributed by atoms with van der Waals surface area (Å²) in [6, 6.07) is 0. The smallest absolute Gasteiger partial charge is 0.154 e. The summed E-state index contributed by atoms with van der Waals surface area (Å²) in [4.78, 5) is 0. The Kier molecular flexibility index (Phi) is 3.79. The van der Waals surface area contributed by atoms with Crippen molar-refractivity contribution in [3.63, 3.8) is 0 Å². The van der Waals surface area contributed by atoms with E-state index in [1.54, 1.807) is 0 Å². The topological polar surface area (TPSA) is 34.1 Å². The highest BCUT2D eigenvalue weighted by atomic mass is 32.7. The van der Waals surface area contributed by atoms with Crippen molar-refractivity contribution in [2.24, 2.45) is 0 Å². The van der Waals surface area contributed by atoms with Crippen molar-refractivity contribution in [2.45, 2.75) is 6.92 Å². The molecule has 0 aliphatic carbocycles. The lowest BCUT2D eigenvalue weighted by molar-refractivity contribution is 0.626. The zero-order valence-corrected chi connectivity index (χ0v) is 5.37. The molecule has 0 bridgehead atoms. The van der Waals surface area contributed by atoms with Crippen LogP contribution in [0.25, 0.3) is 0 Å². The van der Waals surface area contributed by atoms with Crippen LogP contribution in [0, 0.1) is 0 Å². The molecule has 0 saturated carbocycles. The van der Waals surface area contributed by atoms with Crippen molar-refractivity contribution >= 4 is 18.1 Å². The van der Waals surface area contributed by atoms with Crippen molar-refractivity contribution in [3.05, 3.63) is 0 Å². The third-order valence-corrected chi connectivity index (χ3v) is 2.58. The van der Waals surface area contributed by atoms with E-state index in [1.807, 2.05) is 6.92 Å². The normalized spacial score (nSPS) is 11.7. The lowest BCUT2D eigenvalue weighted by Crippen LogP contribution is -1.60. The van der Waals surface area contributed by atoms with Crippen molar-refractivity contribution in [1.29, 1.82) is 0 Å². The molecule has 6 heavy (non-hydrogen) atoms. The molecule has 0 saturated heterocycles. The first-order valence-electron chi connectivity index (χ1n) is 1.65. The third kappa shape index (κ3) is 4.38. The second-order valence-electron chi connectivity index (χ2n) is 0.769. The minimum absolute atomic E-state index is 0.125. The van der Waals surface area contributed by atoms with Crippen LogP contribution < -0.4 is 0 Å². The molecule has 0 aliphatic rings. The van der Waals surface area contributed by atoms with Gasteiger partial charge in [0.1, 0.15) is 0 Å². The minimum Gasteiger partial charge on any atom is -0.228 e. The Morgan fingerprint density at radius 1 is 1.67 bits per heavy atom. The van der Waals surface area contributed by atoms with Gasteiger partial charge in [-0.05, 0) is 6.16 Å². The summed E-state index contributed by atoms with van der Waals surface area (Å²) < 4.78 is 19.3. The predicted octanol–water partition coefficient (Wildman–Crippen LogP) is 0.211. The van der Waals surface area contributed by atoms with E-state index in [0.29, 0.717) is 0 Å². The summed E-state index contributed by atoms with van der Waals surface area (Å²) >= 11 is 0. The monoisotopic (exact) mass is 126 g/mol. The minimum atomic E-state index is -2.07. The number of rotatable bonds is 2. The number of thiol groups is 1. The van der Waals surface area contributed by atoms with E-state index in [-0.39, 0.29) is 7.78 Å². The van der Waals surface area contributed by atoms with Crippen LogP contribution in [0.5, 0.6) is 0 Å². The van der Waals surface area contributed by atoms with Crippen LogP contribution in [0.4, 0.5) is 0 Å². The zero-order chi connectivity index (χ0) is 4.99. The lowest BCUT2D eigenvalue weighted by Gasteiger charge is -1.73. The molecule has 0 aliphatic heterocycles. The van der Waals surface area contributed by atoms with Gasteiger partial charge < -0.3 is 0 Å². The van der Waals surface area contributed by atoms with E-state index in [2.05, 4.69) is 0 Å². The number of hydrogen-bond acceptors (Lipinski definition) is 2. The second kappa shape index (κ2) is 3.57. The molecule has 0 heterocycles. The van der Waals surface area contributed by atoms with Crippen molar-refractivity contribution in [2.75, 3.05) is 6.16 Å². The quantitative estimate of drug-likeness (QED) is 0.424. The van der Waals surface area contributed by atoms with Crippen LogP contribution in [0.2, 0.25) is 0 Å². The molecular weight excluding hydrogens is 119 g/mol. The van der Waals surface area contributed by atoms with Crippen LogP contribution in [0.15, 0.2) is 0 Å². The third-order valence-electron chi connectivity index (χ3n) is 0.287. The molecule has 2 nitrogen and oxygen atoms in total. The Hall–Kier alpha value is 0.380. The largest absolute Gasteiger partial charge is 0.228 e. The lowest BCUT2D eigenvalue weighted by atomic mass is 11.0. The van der Waals surface area contributed by atoms with Gasteiger partial charge in [-0.2, -0.15) is 0 Å². The first-order chi connectivity index (χ1) is 2.77. The molecule has 0 amide bonds. The standard InChI is InChI=1S/C2H7O2PS/c1-2-5-6(3)4/h5-6H,2H2,1H3. The molecule has 0 aromatic rings. The molecule has 4 heteroatoms. The summed E-state index contributed by atoms with van der Waals surface area (Å²) in [5, 5.41) is 0. The summed E-state index contributed by atoms with van der Waals surface area (Å²) in [6.45, 7) is 1.85. The maximum absolute atomic E-state index is 9.65. The van der Waals surface area contributed by atoms with Gasteiger partial charge >= 0.3 is 0 Å². The zero-order valence-electron chi connectivity index (χ0n) is 3.47. The highest BCUT2D eigenvalue weighted by Crippen LogP contribution is 2.05. The van der Waals surface area contributed by atoms with Gasteiger partial charge in [0.15, 0.2) is 10.3 Å². The average molecular weight is 126 g/mol. The molecule has 0 N–H and O–H groups in total. The maximum Gasteiger partial charge on any atom is 0.154 e. The molecule has 0 aromatic heterocycles. The van der Waals surface area contributed by atoms with E-state index >= 15 is 0 Å².